The summed E-state index contributed by atoms with van der Waals surface area (Å²) in [7, 11) is 5.57. The lowest BCUT2D eigenvalue weighted by Gasteiger charge is -2.27. The van der Waals surface area contributed by atoms with Crippen molar-refractivity contribution in [2.45, 2.75) is 39.4 Å². The Labute approximate surface area is 279 Å². The topological polar surface area (TPSA) is 112 Å². The standard InChI is InChI=1S/C19H21FO5.C19H19FO3/c1-19(2,23)17(21)15-9-11(18(22)25-4)5-7-13(15)14-10-12(24-3)6-8-16(14)20;1-12(2)9-14-10-13(19(21)23-4)5-7-16(14)17-11-15(22-3)6-8-18(17)20/h5-10,17,21,23H,1-4H3;5-11H,1-4H3. The van der Waals surface area contributed by atoms with Crippen molar-refractivity contribution in [1.82, 2.24) is 0 Å². The number of aliphatic hydroxyl groups excluding tert-OH is 1. The van der Waals surface area contributed by atoms with Crippen molar-refractivity contribution in [2.24, 2.45) is 0 Å². The molecule has 1 atom stereocenters. The number of rotatable bonds is 9. The molecule has 2 N–H and O–H groups in total. The fourth-order valence-corrected chi connectivity index (χ4v) is 4.82. The van der Waals surface area contributed by atoms with Crippen molar-refractivity contribution in [3.63, 3.8) is 0 Å². The van der Waals surface area contributed by atoms with Gasteiger partial charge in [0.1, 0.15) is 29.2 Å². The van der Waals surface area contributed by atoms with Crippen LogP contribution in [0.15, 0.2) is 78.4 Å². The highest BCUT2D eigenvalue weighted by Gasteiger charge is 2.30. The predicted octanol–water partition coefficient (Wildman–Crippen LogP) is 7.80. The fraction of sp³-hybridized carbons (Fsp3) is 0.263. The Balaban J connectivity index is 0.000000261. The number of ether oxygens (including phenoxy) is 4. The SMILES string of the molecule is COC(=O)c1ccc(-c2cc(OC)ccc2F)c(C(O)C(C)(C)O)c1.COC(=O)c1ccc(-c2cc(OC)ccc2F)c(C=C(C)C)c1. The van der Waals surface area contributed by atoms with Crippen LogP contribution in [0.5, 0.6) is 11.5 Å². The van der Waals surface area contributed by atoms with Crippen molar-refractivity contribution in [3.8, 4) is 33.8 Å². The zero-order chi connectivity index (χ0) is 35.8. The van der Waals surface area contributed by atoms with E-state index >= 15 is 0 Å². The van der Waals surface area contributed by atoms with Gasteiger partial charge in [-0.05, 0) is 111 Å². The van der Waals surface area contributed by atoms with Gasteiger partial charge in [-0.25, -0.2) is 18.4 Å². The highest BCUT2D eigenvalue weighted by atomic mass is 19.1. The Morgan fingerprint density at radius 2 is 1.15 bits per heavy atom. The molecule has 0 aromatic heterocycles. The van der Waals surface area contributed by atoms with Gasteiger partial charge in [-0.15, -0.1) is 0 Å². The van der Waals surface area contributed by atoms with Crippen LogP contribution in [-0.2, 0) is 9.47 Å². The molecule has 4 aromatic rings. The molecule has 4 aromatic carbocycles. The second-order valence-electron chi connectivity index (χ2n) is 11.6. The second kappa shape index (κ2) is 16.2. The fourth-order valence-electron chi connectivity index (χ4n) is 4.82. The van der Waals surface area contributed by atoms with Gasteiger partial charge >= 0.3 is 11.9 Å². The number of halogens is 2. The van der Waals surface area contributed by atoms with Gasteiger partial charge in [-0.3, -0.25) is 0 Å². The molecule has 10 heteroatoms. The van der Waals surface area contributed by atoms with E-state index in [0.29, 0.717) is 33.8 Å². The van der Waals surface area contributed by atoms with Crippen molar-refractivity contribution in [3.05, 3.63) is 112 Å². The van der Waals surface area contributed by atoms with E-state index in [1.807, 2.05) is 19.9 Å². The molecule has 0 fully saturated rings. The molecule has 0 amide bonds. The van der Waals surface area contributed by atoms with Crippen LogP contribution in [-0.4, -0.2) is 56.2 Å². The molecule has 0 heterocycles. The van der Waals surface area contributed by atoms with E-state index in [4.69, 9.17) is 14.2 Å². The van der Waals surface area contributed by atoms with Gasteiger partial charge in [0.25, 0.3) is 0 Å². The minimum absolute atomic E-state index is 0.188. The normalized spacial score (nSPS) is 11.4. The minimum atomic E-state index is -1.50. The number of hydrogen-bond donors (Lipinski definition) is 2. The number of hydrogen-bond acceptors (Lipinski definition) is 8. The molecule has 0 saturated carbocycles. The maximum Gasteiger partial charge on any atom is 0.337 e. The monoisotopic (exact) mass is 662 g/mol. The first kappa shape index (κ1) is 37.4. The predicted molar refractivity (Wildman–Crippen MR) is 180 cm³/mol. The third kappa shape index (κ3) is 9.05. The van der Waals surface area contributed by atoms with Gasteiger partial charge in [0, 0.05) is 11.1 Å². The van der Waals surface area contributed by atoms with E-state index in [-0.39, 0.29) is 22.5 Å². The van der Waals surface area contributed by atoms with Crippen LogP contribution in [0, 0.1) is 11.6 Å². The lowest BCUT2D eigenvalue weighted by Crippen LogP contribution is -2.29. The number of methoxy groups -OCH3 is 4. The number of aliphatic hydroxyl groups is 2. The summed E-state index contributed by atoms with van der Waals surface area (Å²) in [5, 5.41) is 20.7. The summed E-state index contributed by atoms with van der Waals surface area (Å²) in [6, 6.07) is 18.2. The summed E-state index contributed by atoms with van der Waals surface area (Å²) in [5.41, 5.74) is 2.76. The molecule has 0 bridgehead atoms. The zero-order valence-electron chi connectivity index (χ0n) is 28.2. The highest BCUT2D eigenvalue weighted by molar-refractivity contribution is 5.92. The van der Waals surface area contributed by atoms with Crippen LogP contribution in [0.4, 0.5) is 8.78 Å². The van der Waals surface area contributed by atoms with Crippen LogP contribution in [0.25, 0.3) is 28.3 Å². The molecule has 0 aliphatic carbocycles. The minimum Gasteiger partial charge on any atom is -0.497 e. The van der Waals surface area contributed by atoms with Gasteiger partial charge in [-0.2, -0.15) is 0 Å². The van der Waals surface area contributed by atoms with Crippen molar-refractivity contribution in [2.75, 3.05) is 28.4 Å². The summed E-state index contributed by atoms with van der Waals surface area (Å²) < 4.78 is 48.4. The van der Waals surface area contributed by atoms with E-state index in [0.717, 1.165) is 11.1 Å². The summed E-state index contributed by atoms with van der Waals surface area (Å²) in [4.78, 5) is 23.5. The largest absolute Gasteiger partial charge is 0.497 e. The van der Waals surface area contributed by atoms with Gasteiger partial charge in [0.15, 0.2) is 0 Å². The molecular formula is C38H40F2O8. The Morgan fingerprint density at radius 1 is 0.688 bits per heavy atom. The van der Waals surface area contributed by atoms with Crippen LogP contribution >= 0.6 is 0 Å². The molecule has 0 radical (unpaired) electrons. The van der Waals surface area contributed by atoms with Crippen LogP contribution in [0.3, 0.4) is 0 Å². The lowest BCUT2D eigenvalue weighted by atomic mass is 9.87. The number of esters is 2. The molecule has 254 valence electrons. The van der Waals surface area contributed by atoms with E-state index in [2.05, 4.69) is 4.74 Å². The lowest BCUT2D eigenvalue weighted by molar-refractivity contribution is -0.0494. The van der Waals surface area contributed by atoms with E-state index in [1.54, 1.807) is 30.3 Å². The number of allylic oxidation sites excluding steroid dienone is 1. The molecular weight excluding hydrogens is 622 g/mol. The van der Waals surface area contributed by atoms with E-state index in [9.17, 15) is 28.6 Å². The van der Waals surface area contributed by atoms with Crippen molar-refractivity contribution < 1.29 is 47.5 Å². The molecule has 0 saturated heterocycles. The van der Waals surface area contributed by atoms with Gasteiger partial charge in [0.05, 0.1) is 45.2 Å². The second-order valence-corrected chi connectivity index (χ2v) is 11.6. The van der Waals surface area contributed by atoms with Crippen LogP contribution < -0.4 is 9.47 Å². The van der Waals surface area contributed by atoms with E-state index in [1.165, 1.54) is 84.8 Å². The summed E-state index contributed by atoms with van der Waals surface area (Å²) in [6.07, 6.45) is 0.554. The number of benzene rings is 4. The zero-order valence-corrected chi connectivity index (χ0v) is 28.2. The summed E-state index contributed by atoms with van der Waals surface area (Å²) in [6.45, 7) is 6.73. The average Bonchev–Trinajstić information content (AvgIpc) is 3.07. The molecule has 0 aliphatic rings. The Kier molecular flexibility index (Phi) is 12.6. The maximum atomic E-state index is 14.4. The molecule has 0 spiro atoms. The molecule has 48 heavy (non-hydrogen) atoms. The van der Waals surface area contributed by atoms with Crippen molar-refractivity contribution >= 4 is 18.0 Å². The molecule has 4 rings (SSSR count). The highest BCUT2D eigenvalue weighted by Crippen LogP contribution is 2.37. The van der Waals surface area contributed by atoms with E-state index < -0.39 is 29.5 Å². The van der Waals surface area contributed by atoms with Crippen molar-refractivity contribution in [1.29, 1.82) is 0 Å². The van der Waals surface area contributed by atoms with Gasteiger partial charge in [-0.1, -0.05) is 23.8 Å². The van der Waals surface area contributed by atoms with Gasteiger partial charge < -0.3 is 29.2 Å². The Morgan fingerprint density at radius 3 is 1.58 bits per heavy atom. The molecule has 8 nitrogen and oxygen atoms in total. The van der Waals surface area contributed by atoms with Crippen LogP contribution in [0.1, 0.15) is 65.6 Å². The Hall–Kier alpha value is -5.06. The molecule has 1 unspecified atom stereocenters. The average molecular weight is 663 g/mol. The summed E-state index contributed by atoms with van der Waals surface area (Å²) in [5.74, 6) is -0.873. The van der Waals surface area contributed by atoms with Gasteiger partial charge in [0.2, 0.25) is 0 Å². The summed E-state index contributed by atoms with van der Waals surface area (Å²) >= 11 is 0. The number of carbonyl (C=O) groups excluding carboxylic acids is 2. The van der Waals surface area contributed by atoms with Crippen LogP contribution in [0.2, 0.25) is 0 Å². The third-order valence-corrected chi connectivity index (χ3v) is 7.28. The smallest absolute Gasteiger partial charge is 0.337 e. The number of carbonyl (C=O) groups is 2. The quantitative estimate of drug-likeness (QED) is 0.175. The third-order valence-electron chi connectivity index (χ3n) is 7.28. The first-order valence-corrected chi connectivity index (χ1v) is 14.8. The maximum absolute atomic E-state index is 14.4. The molecule has 0 aliphatic heterocycles. The first-order chi connectivity index (χ1) is 22.6. The Bertz CT molecular complexity index is 1800. The first-order valence-electron chi connectivity index (χ1n) is 14.8.